The Morgan fingerprint density at radius 2 is 1.50 bits per heavy atom. The lowest BCUT2D eigenvalue weighted by molar-refractivity contribution is -0.231. The molecule has 0 aliphatic carbocycles. The van der Waals surface area contributed by atoms with E-state index in [1.807, 2.05) is 18.2 Å². The SMILES string of the molecule is C[C@H](NC(=O)[C@H]1O[C@@H]2OC(C)(C)O[C@@H]2[C@H]2OC(C)(C)O[C@H]21)C(=O)Nc1ccccc1. The summed E-state index contributed by atoms with van der Waals surface area (Å²) in [5, 5.41) is 5.46. The summed E-state index contributed by atoms with van der Waals surface area (Å²) in [5.41, 5.74) is 0.647. The lowest BCUT2D eigenvalue weighted by atomic mass is 9.98. The van der Waals surface area contributed by atoms with Gasteiger partial charge in [0.05, 0.1) is 0 Å². The fourth-order valence-corrected chi connectivity index (χ4v) is 3.96. The summed E-state index contributed by atoms with van der Waals surface area (Å²) >= 11 is 0. The van der Waals surface area contributed by atoms with Crippen molar-refractivity contribution in [1.82, 2.24) is 5.32 Å². The van der Waals surface area contributed by atoms with Gasteiger partial charge in [0.2, 0.25) is 5.91 Å². The van der Waals surface area contributed by atoms with Gasteiger partial charge in [-0.2, -0.15) is 0 Å². The molecule has 9 heteroatoms. The van der Waals surface area contributed by atoms with Crippen molar-refractivity contribution in [3.8, 4) is 0 Å². The summed E-state index contributed by atoms with van der Waals surface area (Å²) in [6.45, 7) is 8.69. The summed E-state index contributed by atoms with van der Waals surface area (Å²) < 4.78 is 29.6. The Hall–Kier alpha value is -2.04. The molecule has 6 atom stereocenters. The number of hydrogen-bond acceptors (Lipinski definition) is 7. The number of ether oxygens (including phenoxy) is 5. The molecule has 2 N–H and O–H groups in total. The third-order valence-corrected chi connectivity index (χ3v) is 5.21. The average Bonchev–Trinajstić information content (AvgIpc) is 3.15. The first-order chi connectivity index (χ1) is 14.0. The molecule has 3 aliphatic heterocycles. The molecule has 2 amide bonds. The van der Waals surface area contributed by atoms with Gasteiger partial charge in [-0.15, -0.1) is 0 Å². The molecule has 1 aromatic rings. The average molecular weight is 420 g/mol. The molecule has 30 heavy (non-hydrogen) atoms. The highest BCUT2D eigenvalue weighted by Gasteiger charge is 2.62. The Kier molecular flexibility index (Phi) is 5.36. The van der Waals surface area contributed by atoms with Crippen molar-refractivity contribution < 1.29 is 33.3 Å². The molecule has 164 valence electrons. The summed E-state index contributed by atoms with van der Waals surface area (Å²) in [4.78, 5) is 25.5. The number of para-hydroxylation sites is 1. The number of hydrogen-bond donors (Lipinski definition) is 2. The summed E-state index contributed by atoms with van der Waals surface area (Å²) in [6, 6.07) is 8.24. The van der Waals surface area contributed by atoms with E-state index in [9.17, 15) is 9.59 Å². The number of fused-ring (bicyclic) bond motifs is 3. The number of anilines is 1. The van der Waals surface area contributed by atoms with E-state index in [0.717, 1.165) is 0 Å². The van der Waals surface area contributed by atoms with E-state index in [1.165, 1.54) is 0 Å². The number of nitrogens with one attached hydrogen (secondary N) is 2. The second-order valence-electron chi connectivity index (χ2n) is 8.68. The molecule has 0 radical (unpaired) electrons. The van der Waals surface area contributed by atoms with E-state index >= 15 is 0 Å². The van der Waals surface area contributed by atoms with Crippen LogP contribution in [0.15, 0.2) is 30.3 Å². The molecular formula is C21H28N2O7. The van der Waals surface area contributed by atoms with Crippen LogP contribution in [0.5, 0.6) is 0 Å². The van der Waals surface area contributed by atoms with Crippen LogP contribution in [0.2, 0.25) is 0 Å². The minimum absolute atomic E-state index is 0.342. The molecule has 1 aromatic carbocycles. The van der Waals surface area contributed by atoms with Gasteiger partial charge in [-0.05, 0) is 46.8 Å². The van der Waals surface area contributed by atoms with Crippen molar-refractivity contribution in [2.75, 3.05) is 5.32 Å². The first-order valence-electron chi connectivity index (χ1n) is 10.1. The minimum atomic E-state index is -1.01. The molecule has 3 aliphatic rings. The number of amides is 2. The zero-order valence-electron chi connectivity index (χ0n) is 17.7. The molecule has 0 aromatic heterocycles. The van der Waals surface area contributed by atoms with Crippen LogP contribution in [-0.4, -0.2) is 60.1 Å². The highest BCUT2D eigenvalue weighted by atomic mass is 16.9. The van der Waals surface area contributed by atoms with Gasteiger partial charge >= 0.3 is 0 Å². The van der Waals surface area contributed by atoms with Gasteiger partial charge in [0, 0.05) is 5.69 Å². The Labute approximate surface area is 175 Å². The zero-order chi connectivity index (χ0) is 21.7. The molecule has 3 fully saturated rings. The smallest absolute Gasteiger partial charge is 0.252 e. The van der Waals surface area contributed by atoms with E-state index < -0.39 is 54.2 Å². The van der Waals surface area contributed by atoms with Crippen LogP contribution in [-0.2, 0) is 33.3 Å². The molecule has 0 spiro atoms. The highest BCUT2D eigenvalue weighted by Crippen LogP contribution is 2.44. The van der Waals surface area contributed by atoms with Crippen LogP contribution in [0.25, 0.3) is 0 Å². The Morgan fingerprint density at radius 3 is 2.20 bits per heavy atom. The van der Waals surface area contributed by atoms with E-state index in [2.05, 4.69) is 10.6 Å². The molecule has 3 saturated heterocycles. The maximum Gasteiger partial charge on any atom is 0.252 e. The van der Waals surface area contributed by atoms with Crippen LogP contribution in [0.4, 0.5) is 5.69 Å². The number of carbonyl (C=O) groups is 2. The first-order valence-corrected chi connectivity index (χ1v) is 10.1. The first kappa shape index (κ1) is 21.2. The Bertz CT molecular complexity index is 813. The van der Waals surface area contributed by atoms with Gasteiger partial charge < -0.3 is 34.3 Å². The highest BCUT2D eigenvalue weighted by molar-refractivity contribution is 5.97. The second-order valence-corrected chi connectivity index (χ2v) is 8.68. The lowest BCUT2D eigenvalue weighted by Crippen LogP contribution is -2.60. The summed E-state index contributed by atoms with van der Waals surface area (Å²) in [6.07, 6.45) is -3.53. The molecule has 9 nitrogen and oxygen atoms in total. The molecule has 4 rings (SSSR count). The zero-order valence-corrected chi connectivity index (χ0v) is 17.7. The quantitative estimate of drug-likeness (QED) is 0.761. The lowest BCUT2D eigenvalue weighted by Gasteiger charge is -2.36. The number of rotatable bonds is 4. The van der Waals surface area contributed by atoms with Gasteiger partial charge in [0.15, 0.2) is 24.0 Å². The fourth-order valence-electron chi connectivity index (χ4n) is 3.96. The summed E-state index contributed by atoms with van der Waals surface area (Å²) in [5.74, 6) is -2.60. The van der Waals surface area contributed by atoms with Crippen molar-refractivity contribution in [3.05, 3.63) is 30.3 Å². The number of benzene rings is 1. The monoisotopic (exact) mass is 420 g/mol. The van der Waals surface area contributed by atoms with Crippen LogP contribution >= 0.6 is 0 Å². The maximum absolute atomic E-state index is 13.0. The molecule has 0 unspecified atom stereocenters. The van der Waals surface area contributed by atoms with E-state index in [4.69, 9.17) is 23.7 Å². The largest absolute Gasteiger partial charge is 0.342 e. The molecule has 0 saturated carbocycles. The van der Waals surface area contributed by atoms with E-state index in [-0.39, 0.29) is 5.91 Å². The van der Waals surface area contributed by atoms with Crippen molar-refractivity contribution in [2.24, 2.45) is 0 Å². The number of carbonyl (C=O) groups excluding carboxylic acids is 2. The van der Waals surface area contributed by atoms with Crippen molar-refractivity contribution in [1.29, 1.82) is 0 Å². The minimum Gasteiger partial charge on any atom is -0.342 e. The van der Waals surface area contributed by atoms with Gasteiger partial charge in [0.1, 0.15) is 24.4 Å². The fraction of sp³-hybridized carbons (Fsp3) is 0.619. The predicted octanol–water partition coefficient (Wildman–Crippen LogP) is 1.53. The van der Waals surface area contributed by atoms with E-state index in [1.54, 1.807) is 46.8 Å². The van der Waals surface area contributed by atoms with Crippen molar-refractivity contribution in [3.63, 3.8) is 0 Å². The van der Waals surface area contributed by atoms with Gasteiger partial charge in [-0.3, -0.25) is 9.59 Å². The molecular weight excluding hydrogens is 392 g/mol. The Morgan fingerprint density at radius 1 is 0.900 bits per heavy atom. The normalized spacial score (nSPS) is 34.5. The topological polar surface area (TPSA) is 104 Å². The van der Waals surface area contributed by atoms with Crippen LogP contribution in [0.3, 0.4) is 0 Å². The maximum atomic E-state index is 13.0. The predicted molar refractivity (Wildman–Crippen MR) is 105 cm³/mol. The molecule has 0 bridgehead atoms. The third kappa shape index (κ3) is 4.21. The van der Waals surface area contributed by atoms with Crippen molar-refractivity contribution in [2.45, 2.75) is 82.9 Å². The van der Waals surface area contributed by atoms with Crippen LogP contribution < -0.4 is 10.6 Å². The third-order valence-electron chi connectivity index (χ3n) is 5.21. The second kappa shape index (κ2) is 7.58. The standard InChI is InChI=1S/C21H28N2O7/c1-11(17(24)23-12-9-7-6-8-10-12)22-18(25)15-13-14(28-20(2,3)27-13)16-19(26-15)30-21(4,5)29-16/h6-11,13-16,19H,1-5H3,(H,22,25)(H,23,24)/t11-,13+,14-,15-,16+,19+/m0/s1. The van der Waals surface area contributed by atoms with E-state index in [0.29, 0.717) is 5.69 Å². The van der Waals surface area contributed by atoms with Crippen molar-refractivity contribution >= 4 is 17.5 Å². The van der Waals surface area contributed by atoms with Crippen LogP contribution in [0.1, 0.15) is 34.6 Å². The Balaban J connectivity index is 1.45. The molecule has 3 heterocycles. The van der Waals surface area contributed by atoms with Gasteiger partial charge in [-0.1, -0.05) is 18.2 Å². The van der Waals surface area contributed by atoms with Gasteiger partial charge in [0.25, 0.3) is 5.91 Å². The summed E-state index contributed by atoms with van der Waals surface area (Å²) in [7, 11) is 0. The van der Waals surface area contributed by atoms with Crippen LogP contribution in [0, 0.1) is 0 Å². The van der Waals surface area contributed by atoms with Gasteiger partial charge in [-0.25, -0.2) is 0 Å².